The Morgan fingerprint density at radius 1 is 1.07 bits per heavy atom. The molecule has 1 unspecified atom stereocenters. The Morgan fingerprint density at radius 3 is 2.41 bits per heavy atom. The first-order chi connectivity index (χ1) is 14.0. The van der Waals surface area contributed by atoms with Crippen molar-refractivity contribution >= 4 is 17.5 Å². The highest BCUT2D eigenvalue weighted by atomic mass is 16.2. The number of nitrogens with zero attached hydrogens (tertiary/aromatic N) is 2. The zero-order valence-corrected chi connectivity index (χ0v) is 17.2. The fraction of sp³-hybridized carbons (Fsp3) is 0.417. The summed E-state index contributed by atoms with van der Waals surface area (Å²) < 4.78 is 0. The van der Waals surface area contributed by atoms with Gasteiger partial charge in [0, 0.05) is 44.8 Å². The van der Waals surface area contributed by atoms with E-state index in [0.29, 0.717) is 0 Å². The van der Waals surface area contributed by atoms with E-state index < -0.39 is 5.41 Å². The average molecular weight is 392 g/mol. The summed E-state index contributed by atoms with van der Waals surface area (Å²) in [5, 5.41) is 2.68. The van der Waals surface area contributed by atoms with Gasteiger partial charge in [-0.1, -0.05) is 48.5 Å². The molecule has 0 radical (unpaired) electrons. The molecule has 2 heterocycles. The summed E-state index contributed by atoms with van der Waals surface area (Å²) in [7, 11) is 1.62. The number of fused-ring (bicyclic) bond motifs is 1. The van der Waals surface area contributed by atoms with Gasteiger partial charge in [0.1, 0.15) is 0 Å². The van der Waals surface area contributed by atoms with E-state index in [4.69, 9.17) is 0 Å². The molecule has 5 nitrogen and oxygen atoms in total. The molecule has 2 aliphatic rings. The molecular weight excluding hydrogens is 362 g/mol. The normalized spacial score (nSPS) is 22.6. The van der Waals surface area contributed by atoms with Crippen molar-refractivity contribution < 1.29 is 9.59 Å². The molecule has 0 aliphatic carbocycles. The molecule has 0 aromatic heterocycles. The lowest BCUT2D eigenvalue weighted by molar-refractivity contribution is -0.129. The highest BCUT2D eigenvalue weighted by Crippen LogP contribution is 2.45. The van der Waals surface area contributed by atoms with E-state index in [9.17, 15) is 9.59 Å². The van der Waals surface area contributed by atoms with E-state index in [-0.39, 0.29) is 24.3 Å². The molecule has 152 valence electrons. The second-order valence-corrected chi connectivity index (χ2v) is 8.37. The summed E-state index contributed by atoms with van der Waals surface area (Å²) in [5.41, 5.74) is 2.48. The smallest absolute Gasteiger partial charge is 0.238 e. The van der Waals surface area contributed by atoms with Gasteiger partial charge in [0.05, 0.1) is 5.41 Å². The number of anilines is 1. The average Bonchev–Trinajstić information content (AvgIpc) is 2.96. The number of hydrogen-bond acceptors (Lipinski definition) is 3. The van der Waals surface area contributed by atoms with Gasteiger partial charge in [0.25, 0.3) is 0 Å². The number of benzene rings is 2. The third-order valence-corrected chi connectivity index (χ3v) is 6.41. The van der Waals surface area contributed by atoms with Crippen molar-refractivity contribution in [2.45, 2.75) is 44.2 Å². The summed E-state index contributed by atoms with van der Waals surface area (Å²) in [6, 6.07) is 18.7. The standard InChI is InChI=1S/C24H29N3O2/c1-24(16-22(28)25-2)20-10-6-7-11-21(20)27(23(24)29)19-12-14-26(15-13-19)17-18-8-4-3-5-9-18/h3-11,19H,12-17H2,1-2H3,(H,25,28). The largest absolute Gasteiger partial charge is 0.359 e. The molecule has 2 aromatic carbocycles. The maximum Gasteiger partial charge on any atom is 0.238 e. The maximum atomic E-state index is 13.5. The van der Waals surface area contributed by atoms with E-state index in [1.54, 1.807) is 7.05 Å². The first kappa shape index (κ1) is 19.6. The predicted molar refractivity (Wildman–Crippen MR) is 115 cm³/mol. The number of rotatable bonds is 5. The van der Waals surface area contributed by atoms with Gasteiger partial charge in [-0.3, -0.25) is 14.5 Å². The highest BCUT2D eigenvalue weighted by Gasteiger charge is 2.50. The van der Waals surface area contributed by atoms with Crippen LogP contribution in [0.15, 0.2) is 54.6 Å². The minimum Gasteiger partial charge on any atom is -0.359 e. The van der Waals surface area contributed by atoms with Crippen molar-refractivity contribution in [3.8, 4) is 0 Å². The van der Waals surface area contributed by atoms with Crippen molar-refractivity contribution in [3.63, 3.8) is 0 Å². The van der Waals surface area contributed by atoms with Crippen LogP contribution in [-0.2, 0) is 21.5 Å². The van der Waals surface area contributed by atoms with Gasteiger partial charge in [-0.15, -0.1) is 0 Å². The molecule has 0 bridgehead atoms. The van der Waals surface area contributed by atoms with Crippen LogP contribution in [0, 0.1) is 0 Å². The Morgan fingerprint density at radius 2 is 1.72 bits per heavy atom. The quantitative estimate of drug-likeness (QED) is 0.852. The molecule has 2 amide bonds. The van der Waals surface area contributed by atoms with Crippen molar-refractivity contribution in [2.24, 2.45) is 0 Å². The lowest BCUT2D eigenvalue weighted by Crippen LogP contribution is -2.49. The summed E-state index contributed by atoms with van der Waals surface area (Å²) in [6.45, 7) is 4.80. The number of carbonyl (C=O) groups excluding carboxylic acids is 2. The lowest BCUT2D eigenvalue weighted by atomic mass is 9.80. The second kappa shape index (κ2) is 7.99. The van der Waals surface area contributed by atoms with Crippen LogP contribution < -0.4 is 10.2 Å². The molecule has 2 aliphatic heterocycles. The van der Waals surface area contributed by atoms with Gasteiger partial charge in [-0.25, -0.2) is 0 Å². The molecule has 0 saturated carbocycles. The molecule has 1 N–H and O–H groups in total. The van der Waals surface area contributed by atoms with E-state index >= 15 is 0 Å². The van der Waals surface area contributed by atoms with Crippen molar-refractivity contribution in [2.75, 3.05) is 25.0 Å². The SMILES string of the molecule is CNC(=O)CC1(C)C(=O)N(C2CCN(Cc3ccccc3)CC2)c2ccccc21. The van der Waals surface area contributed by atoms with Crippen LogP contribution in [0.3, 0.4) is 0 Å². The van der Waals surface area contributed by atoms with Crippen LogP contribution >= 0.6 is 0 Å². The first-order valence-corrected chi connectivity index (χ1v) is 10.4. The van der Waals surface area contributed by atoms with Gasteiger partial charge < -0.3 is 10.2 Å². The zero-order chi connectivity index (χ0) is 20.4. The van der Waals surface area contributed by atoms with E-state index in [1.807, 2.05) is 42.2 Å². The number of hydrogen-bond donors (Lipinski definition) is 1. The number of nitrogens with one attached hydrogen (secondary N) is 1. The molecule has 1 fully saturated rings. The lowest BCUT2D eigenvalue weighted by Gasteiger charge is -2.37. The fourth-order valence-electron chi connectivity index (χ4n) is 4.76. The van der Waals surface area contributed by atoms with Gasteiger partial charge in [0.2, 0.25) is 11.8 Å². The van der Waals surface area contributed by atoms with Crippen molar-refractivity contribution in [3.05, 3.63) is 65.7 Å². The summed E-state index contributed by atoms with van der Waals surface area (Å²) in [6.07, 6.45) is 2.08. The molecule has 4 rings (SSSR count). The van der Waals surface area contributed by atoms with Crippen LogP contribution in [0.1, 0.15) is 37.3 Å². The summed E-state index contributed by atoms with van der Waals surface area (Å²) >= 11 is 0. The van der Waals surface area contributed by atoms with Crippen LogP contribution in [0.4, 0.5) is 5.69 Å². The summed E-state index contributed by atoms with van der Waals surface area (Å²) in [4.78, 5) is 30.1. The molecule has 2 aromatic rings. The Balaban J connectivity index is 1.50. The summed E-state index contributed by atoms with van der Waals surface area (Å²) in [5.74, 6) is -0.0426. The number of likely N-dealkylation sites (tertiary alicyclic amines) is 1. The van der Waals surface area contributed by atoms with Crippen LogP contribution in [-0.4, -0.2) is 42.9 Å². The number of piperidine rings is 1. The first-order valence-electron chi connectivity index (χ1n) is 10.4. The van der Waals surface area contributed by atoms with Crippen LogP contribution in [0.5, 0.6) is 0 Å². The van der Waals surface area contributed by atoms with Crippen LogP contribution in [0.2, 0.25) is 0 Å². The van der Waals surface area contributed by atoms with E-state index in [1.165, 1.54) is 5.56 Å². The van der Waals surface area contributed by atoms with Gasteiger partial charge in [0.15, 0.2) is 0 Å². The Bertz CT molecular complexity index is 890. The molecule has 0 spiro atoms. The minimum atomic E-state index is -0.794. The Labute approximate surface area is 172 Å². The minimum absolute atomic E-state index is 0.0591. The van der Waals surface area contributed by atoms with Crippen LogP contribution in [0.25, 0.3) is 0 Å². The Kier molecular flexibility index (Phi) is 5.41. The fourth-order valence-corrected chi connectivity index (χ4v) is 4.76. The van der Waals surface area contributed by atoms with E-state index in [0.717, 1.165) is 43.7 Å². The topological polar surface area (TPSA) is 52.7 Å². The third kappa shape index (κ3) is 3.67. The van der Waals surface area contributed by atoms with Gasteiger partial charge in [-0.2, -0.15) is 0 Å². The molecule has 1 atom stereocenters. The third-order valence-electron chi connectivity index (χ3n) is 6.41. The van der Waals surface area contributed by atoms with Gasteiger partial charge >= 0.3 is 0 Å². The van der Waals surface area contributed by atoms with Crippen molar-refractivity contribution in [1.82, 2.24) is 10.2 Å². The predicted octanol–water partition coefficient (Wildman–Crippen LogP) is 3.09. The van der Waals surface area contributed by atoms with E-state index in [2.05, 4.69) is 34.5 Å². The monoisotopic (exact) mass is 391 g/mol. The maximum absolute atomic E-state index is 13.5. The number of para-hydroxylation sites is 1. The molecule has 29 heavy (non-hydrogen) atoms. The second-order valence-electron chi connectivity index (χ2n) is 8.37. The molecule has 1 saturated heterocycles. The Hall–Kier alpha value is -2.66. The highest BCUT2D eigenvalue weighted by molar-refractivity contribution is 6.10. The number of carbonyl (C=O) groups is 2. The number of amides is 2. The van der Waals surface area contributed by atoms with Gasteiger partial charge in [-0.05, 0) is 37.0 Å². The molecule has 5 heteroatoms. The van der Waals surface area contributed by atoms with Crippen molar-refractivity contribution in [1.29, 1.82) is 0 Å². The molecular formula is C24H29N3O2. The zero-order valence-electron chi connectivity index (χ0n) is 17.2.